The van der Waals surface area contributed by atoms with Crippen LogP contribution in [-0.2, 0) is 0 Å². The molecule has 0 spiro atoms. The third-order valence-electron chi connectivity index (χ3n) is 4.62. The van der Waals surface area contributed by atoms with Crippen LogP contribution in [0.25, 0.3) is 0 Å². The number of piperidine rings is 1. The van der Waals surface area contributed by atoms with Crippen molar-refractivity contribution in [2.75, 3.05) is 13.1 Å². The van der Waals surface area contributed by atoms with Crippen molar-refractivity contribution in [1.29, 1.82) is 0 Å². The van der Waals surface area contributed by atoms with Crippen LogP contribution >= 0.6 is 0 Å². The summed E-state index contributed by atoms with van der Waals surface area (Å²) < 4.78 is 6.10. The molecular weight excluding hydrogens is 286 g/mol. The molecule has 1 unspecified atom stereocenters. The van der Waals surface area contributed by atoms with Crippen LogP contribution in [0.5, 0.6) is 5.88 Å². The molecule has 122 valence electrons. The van der Waals surface area contributed by atoms with E-state index >= 15 is 0 Å². The lowest BCUT2D eigenvalue weighted by molar-refractivity contribution is 0.0759. The van der Waals surface area contributed by atoms with E-state index in [4.69, 9.17) is 4.74 Å². The van der Waals surface area contributed by atoms with E-state index in [0.717, 1.165) is 37.3 Å². The molecule has 1 saturated heterocycles. The Balaban J connectivity index is 1.57. The molecule has 2 heterocycles. The topological polar surface area (TPSA) is 38.2 Å². The summed E-state index contributed by atoms with van der Waals surface area (Å²) in [5, 5.41) is 0. The van der Waals surface area contributed by atoms with Crippen LogP contribution in [-0.4, -0.2) is 34.1 Å². The monoisotopic (exact) mass is 311 g/mol. The van der Waals surface area contributed by atoms with Gasteiger partial charge in [0.15, 0.2) is 0 Å². The van der Waals surface area contributed by atoms with Crippen LogP contribution in [0.2, 0.25) is 0 Å². The molecule has 0 bridgehead atoms. The highest BCUT2D eigenvalue weighted by molar-refractivity contribution is 5.19. The molecule has 4 nitrogen and oxygen atoms in total. The maximum Gasteiger partial charge on any atom is 0.235 e. The lowest BCUT2D eigenvalue weighted by Crippen LogP contribution is -2.39. The van der Waals surface area contributed by atoms with Gasteiger partial charge in [0.05, 0.1) is 11.4 Å². The van der Waals surface area contributed by atoms with Crippen molar-refractivity contribution in [3.63, 3.8) is 0 Å². The number of rotatable bonds is 4. The van der Waals surface area contributed by atoms with Crippen LogP contribution in [0.4, 0.5) is 0 Å². The first-order valence-corrected chi connectivity index (χ1v) is 8.39. The minimum Gasteiger partial charge on any atom is -0.473 e. The second-order valence-electron chi connectivity index (χ2n) is 6.34. The zero-order valence-corrected chi connectivity index (χ0v) is 14.2. The Bertz CT molecular complexity index is 636. The molecule has 4 heteroatoms. The molecular formula is C19H25N3O. The van der Waals surface area contributed by atoms with Crippen LogP contribution in [0, 0.1) is 13.8 Å². The number of aromatic nitrogens is 2. The smallest absolute Gasteiger partial charge is 0.235 e. The molecule has 0 N–H and O–H groups in total. The molecule has 0 saturated carbocycles. The Morgan fingerprint density at radius 1 is 1.13 bits per heavy atom. The summed E-state index contributed by atoms with van der Waals surface area (Å²) in [6.45, 7) is 8.29. The summed E-state index contributed by atoms with van der Waals surface area (Å²) >= 11 is 0. The highest BCUT2D eigenvalue weighted by atomic mass is 16.5. The van der Waals surface area contributed by atoms with Crippen molar-refractivity contribution >= 4 is 0 Å². The Morgan fingerprint density at radius 3 is 2.52 bits per heavy atom. The molecule has 1 aromatic heterocycles. The van der Waals surface area contributed by atoms with E-state index in [2.05, 4.69) is 52.1 Å². The molecule has 1 fully saturated rings. The number of likely N-dealkylation sites (tertiary alicyclic amines) is 1. The van der Waals surface area contributed by atoms with Gasteiger partial charge in [-0.2, -0.15) is 0 Å². The second-order valence-corrected chi connectivity index (χ2v) is 6.34. The summed E-state index contributed by atoms with van der Waals surface area (Å²) in [5.41, 5.74) is 3.16. The summed E-state index contributed by atoms with van der Waals surface area (Å²) in [5.74, 6) is 0.694. The first-order valence-electron chi connectivity index (χ1n) is 8.39. The van der Waals surface area contributed by atoms with Gasteiger partial charge in [-0.15, -0.1) is 0 Å². The number of nitrogens with zero attached hydrogens (tertiary/aromatic N) is 3. The fourth-order valence-corrected chi connectivity index (χ4v) is 3.11. The van der Waals surface area contributed by atoms with Crippen molar-refractivity contribution in [1.82, 2.24) is 14.9 Å². The predicted molar refractivity (Wildman–Crippen MR) is 91.6 cm³/mol. The van der Waals surface area contributed by atoms with Gasteiger partial charge in [-0.25, -0.2) is 4.98 Å². The maximum absolute atomic E-state index is 6.10. The van der Waals surface area contributed by atoms with Gasteiger partial charge in [0.1, 0.15) is 6.10 Å². The van der Waals surface area contributed by atoms with E-state index in [1.54, 1.807) is 6.20 Å². The summed E-state index contributed by atoms with van der Waals surface area (Å²) in [4.78, 5) is 11.3. The molecule has 0 aliphatic carbocycles. The van der Waals surface area contributed by atoms with Crippen molar-refractivity contribution in [2.24, 2.45) is 0 Å². The number of hydrogen-bond donors (Lipinski definition) is 0. The zero-order chi connectivity index (χ0) is 16.2. The summed E-state index contributed by atoms with van der Waals surface area (Å²) in [7, 11) is 0. The maximum atomic E-state index is 6.10. The van der Waals surface area contributed by atoms with Gasteiger partial charge >= 0.3 is 0 Å². The van der Waals surface area contributed by atoms with Gasteiger partial charge in [-0.3, -0.25) is 9.88 Å². The lowest BCUT2D eigenvalue weighted by atomic mass is 10.0. The van der Waals surface area contributed by atoms with Crippen molar-refractivity contribution in [3.05, 3.63) is 53.5 Å². The van der Waals surface area contributed by atoms with E-state index in [-0.39, 0.29) is 6.10 Å². The van der Waals surface area contributed by atoms with Crippen molar-refractivity contribution in [3.8, 4) is 5.88 Å². The predicted octanol–water partition coefficient (Wildman–Crippen LogP) is 3.70. The summed E-state index contributed by atoms with van der Waals surface area (Å²) in [6, 6.07) is 11.2. The Kier molecular flexibility index (Phi) is 4.91. The van der Waals surface area contributed by atoms with Crippen LogP contribution in [0.1, 0.15) is 42.8 Å². The number of aryl methyl sites for hydroxylation is 2. The molecule has 1 aliphatic heterocycles. The average molecular weight is 311 g/mol. The Hall–Kier alpha value is -1.94. The van der Waals surface area contributed by atoms with Gasteiger partial charge in [0, 0.05) is 25.3 Å². The molecule has 0 radical (unpaired) electrons. The van der Waals surface area contributed by atoms with Crippen LogP contribution in [0.3, 0.4) is 0 Å². The third-order valence-corrected chi connectivity index (χ3v) is 4.62. The molecule has 23 heavy (non-hydrogen) atoms. The van der Waals surface area contributed by atoms with Gasteiger partial charge in [0.2, 0.25) is 5.88 Å². The number of benzene rings is 1. The van der Waals surface area contributed by atoms with E-state index in [1.807, 2.05) is 13.8 Å². The van der Waals surface area contributed by atoms with Crippen molar-refractivity contribution < 1.29 is 4.74 Å². The fourth-order valence-electron chi connectivity index (χ4n) is 3.11. The number of ether oxygens (including phenoxy) is 1. The highest BCUT2D eigenvalue weighted by Gasteiger charge is 2.25. The van der Waals surface area contributed by atoms with E-state index in [9.17, 15) is 0 Å². The minimum atomic E-state index is 0.240. The van der Waals surface area contributed by atoms with E-state index in [1.165, 1.54) is 5.56 Å². The largest absolute Gasteiger partial charge is 0.473 e. The van der Waals surface area contributed by atoms with Gasteiger partial charge in [-0.05, 0) is 39.2 Å². The minimum absolute atomic E-state index is 0.240. The first kappa shape index (κ1) is 15.9. The highest BCUT2D eigenvalue weighted by Crippen LogP contribution is 2.26. The van der Waals surface area contributed by atoms with Gasteiger partial charge in [-0.1, -0.05) is 30.3 Å². The normalized spacial score (nSPS) is 17.9. The molecule has 1 aromatic carbocycles. The molecule has 1 atom stereocenters. The fraction of sp³-hybridized carbons (Fsp3) is 0.474. The lowest BCUT2D eigenvalue weighted by Gasteiger charge is -2.36. The average Bonchev–Trinajstić information content (AvgIpc) is 2.59. The van der Waals surface area contributed by atoms with Crippen LogP contribution < -0.4 is 4.74 Å². The third kappa shape index (κ3) is 3.88. The standard InChI is InChI=1S/C19H25N3O/c1-14-13-20-15(2)19(21-14)23-18-9-11-22(12-10-18)16(3)17-7-5-4-6-8-17/h4-8,13,16,18H,9-12H2,1-3H3. The molecule has 2 aromatic rings. The van der Waals surface area contributed by atoms with Gasteiger partial charge < -0.3 is 4.74 Å². The van der Waals surface area contributed by atoms with Gasteiger partial charge in [0.25, 0.3) is 0 Å². The zero-order valence-electron chi connectivity index (χ0n) is 14.2. The van der Waals surface area contributed by atoms with E-state index in [0.29, 0.717) is 11.9 Å². The number of hydrogen-bond acceptors (Lipinski definition) is 4. The quantitative estimate of drug-likeness (QED) is 0.863. The Labute approximate surface area is 138 Å². The molecule has 0 amide bonds. The Morgan fingerprint density at radius 2 is 1.83 bits per heavy atom. The molecule has 3 rings (SSSR count). The molecule has 1 aliphatic rings. The summed E-state index contributed by atoms with van der Waals surface area (Å²) in [6.07, 6.45) is 4.09. The second kappa shape index (κ2) is 7.09. The van der Waals surface area contributed by atoms with E-state index < -0.39 is 0 Å². The SMILES string of the molecule is Cc1cnc(C)c(OC2CCN(C(C)c3ccccc3)CC2)n1. The van der Waals surface area contributed by atoms with Crippen molar-refractivity contribution in [2.45, 2.75) is 45.8 Å². The first-order chi connectivity index (χ1) is 11.1. The van der Waals surface area contributed by atoms with Crippen LogP contribution in [0.15, 0.2) is 36.5 Å².